The Labute approximate surface area is 125 Å². The van der Waals surface area contributed by atoms with Crippen molar-refractivity contribution < 1.29 is 4.79 Å². The summed E-state index contributed by atoms with van der Waals surface area (Å²) in [4.78, 5) is 20.0. The first-order valence-corrected chi connectivity index (χ1v) is 8.02. The zero-order chi connectivity index (χ0) is 14.4. The minimum Gasteiger partial charge on any atom is -0.351 e. The Morgan fingerprint density at radius 2 is 2.15 bits per heavy atom. The maximum absolute atomic E-state index is 11.8. The Kier molecular flexibility index (Phi) is 5.36. The summed E-state index contributed by atoms with van der Waals surface area (Å²) in [6.45, 7) is 0.542. The second-order valence-electron chi connectivity index (χ2n) is 3.79. The van der Waals surface area contributed by atoms with Crippen molar-refractivity contribution in [3.05, 3.63) is 24.3 Å². The normalized spacial score (nSPS) is 10.5. The molecule has 1 amide bonds. The summed E-state index contributed by atoms with van der Waals surface area (Å²) in [6.07, 6.45) is 6.60. The first kappa shape index (κ1) is 14.8. The lowest BCUT2D eigenvalue weighted by atomic mass is 10.3. The topological polar surface area (TPSA) is 85.6 Å². The van der Waals surface area contributed by atoms with E-state index in [1.807, 2.05) is 17.9 Å². The zero-order valence-corrected chi connectivity index (χ0v) is 12.7. The third kappa shape index (κ3) is 3.94. The summed E-state index contributed by atoms with van der Waals surface area (Å²) in [6, 6.07) is 0. The molecule has 0 saturated heterocycles. The Hall–Kier alpha value is -1.61. The molecule has 0 aliphatic heterocycles. The van der Waals surface area contributed by atoms with Crippen molar-refractivity contribution in [2.24, 2.45) is 7.05 Å². The highest BCUT2D eigenvalue weighted by atomic mass is 32.2. The van der Waals surface area contributed by atoms with Crippen LogP contribution in [0.15, 0.2) is 29.0 Å². The van der Waals surface area contributed by atoms with Crippen molar-refractivity contribution in [3.8, 4) is 0 Å². The van der Waals surface area contributed by atoms with Gasteiger partial charge in [0, 0.05) is 31.7 Å². The van der Waals surface area contributed by atoms with E-state index in [1.165, 1.54) is 35.9 Å². The minimum absolute atomic E-state index is 0.170. The van der Waals surface area contributed by atoms with Gasteiger partial charge in [-0.1, -0.05) is 23.5 Å². The Balaban J connectivity index is 1.76. The van der Waals surface area contributed by atoms with Gasteiger partial charge in [0.1, 0.15) is 6.33 Å². The zero-order valence-electron chi connectivity index (χ0n) is 11.1. The molecule has 20 heavy (non-hydrogen) atoms. The number of amides is 1. The van der Waals surface area contributed by atoms with E-state index in [4.69, 9.17) is 0 Å². The second kappa shape index (κ2) is 7.25. The summed E-state index contributed by atoms with van der Waals surface area (Å²) < 4.78 is 1.83. The molecule has 2 heterocycles. The van der Waals surface area contributed by atoms with E-state index in [9.17, 15) is 4.79 Å². The summed E-state index contributed by atoms with van der Waals surface area (Å²) in [7, 11) is 1.88. The molecule has 0 saturated carbocycles. The molecular formula is C11H14N6OS2. The van der Waals surface area contributed by atoms with Crippen molar-refractivity contribution >= 4 is 29.4 Å². The highest BCUT2D eigenvalue weighted by molar-refractivity contribution is 7.99. The predicted octanol–water partition coefficient (Wildman–Crippen LogP) is 0.849. The summed E-state index contributed by atoms with van der Waals surface area (Å²) in [5, 5.41) is 12.0. The van der Waals surface area contributed by atoms with Gasteiger partial charge in [-0.15, -0.1) is 10.2 Å². The van der Waals surface area contributed by atoms with E-state index in [2.05, 4.69) is 25.5 Å². The van der Waals surface area contributed by atoms with E-state index in [0.29, 0.717) is 17.3 Å². The third-order valence-electron chi connectivity index (χ3n) is 2.36. The number of aromatic nitrogens is 5. The predicted molar refractivity (Wildman–Crippen MR) is 77.9 cm³/mol. The van der Waals surface area contributed by atoms with Crippen LogP contribution in [0.25, 0.3) is 0 Å². The SMILES string of the molecule is CSc1ncc(C(=O)NCCSc2nncn2C)cn1. The standard InChI is InChI=1S/C11H14N6OS2/c1-17-7-15-16-11(17)20-4-3-12-9(18)8-5-13-10(19-2)14-6-8/h5-7H,3-4H2,1-2H3,(H,12,18). The first-order chi connectivity index (χ1) is 9.70. The number of aryl methyl sites for hydroxylation is 1. The lowest BCUT2D eigenvalue weighted by Gasteiger charge is -2.04. The highest BCUT2D eigenvalue weighted by Gasteiger charge is 2.07. The number of rotatable bonds is 6. The van der Waals surface area contributed by atoms with E-state index in [1.54, 1.807) is 6.33 Å². The van der Waals surface area contributed by atoms with Crippen molar-refractivity contribution in [2.75, 3.05) is 18.6 Å². The van der Waals surface area contributed by atoms with Gasteiger partial charge in [-0.2, -0.15) is 0 Å². The summed E-state index contributed by atoms with van der Waals surface area (Å²) in [5.74, 6) is 0.554. The van der Waals surface area contributed by atoms with Gasteiger partial charge in [-0.3, -0.25) is 4.79 Å². The van der Waals surface area contributed by atoms with Crippen LogP contribution in [0.4, 0.5) is 0 Å². The third-order valence-corrected chi connectivity index (χ3v) is 3.97. The fourth-order valence-electron chi connectivity index (χ4n) is 1.35. The molecule has 2 rings (SSSR count). The Morgan fingerprint density at radius 3 is 2.75 bits per heavy atom. The average molecular weight is 310 g/mol. The van der Waals surface area contributed by atoms with Crippen LogP contribution < -0.4 is 5.32 Å². The number of carbonyl (C=O) groups excluding carboxylic acids is 1. The number of carbonyl (C=O) groups is 1. The largest absolute Gasteiger partial charge is 0.351 e. The number of hydrogen-bond donors (Lipinski definition) is 1. The van der Waals surface area contributed by atoms with Crippen LogP contribution in [0.5, 0.6) is 0 Å². The monoisotopic (exact) mass is 310 g/mol. The smallest absolute Gasteiger partial charge is 0.254 e. The quantitative estimate of drug-likeness (QED) is 0.481. The van der Waals surface area contributed by atoms with Gasteiger partial charge in [-0.25, -0.2) is 9.97 Å². The fraction of sp³-hybridized carbons (Fsp3) is 0.364. The van der Waals surface area contributed by atoms with Gasteiger partial charge in [0.15, 0.2) is 10.3 Å². The van der Waals surface area contributed by atoms with E-state index in [0.717, 1.165) is 10.9 Å². The Bertz CT molecular complexity index is 571. The van der Waals surface area contributed by atoms with Crippen LogP contribution in [0.2, 0.25) is 0 Å². The first-order valence-electron chi connectivity index (χ1n) is 5.81. The maximum Gasteiger partial charge on any atom is 0.254 e. The molecule has 2 aromatic rings. The minimum atomic E-state index is -0.170. The van der Waals surface area contributed by atoms with Gasteiger partial charge < -0.3 is 9.88 Å². The highest BCUT2D eigenvalue weighted by Crippen LogP contribution is 2.12. The van der Waals surface area contributed by atoms with Crippen molar-refractivity contribution in [1.82, 2.24) is 30.0 Å². The number of hydrogen-bond acceptors (Lipinski definition) is 7. The molecule has 0 aliphatic rings. The van der Waals surface area contributed by atoms with Crippen LogP contribution in [0, 0.1) is 0 Å². The molecule has 0 bridgehead atoms. The summed E-state index contributed by atoms with van der Waals surface area (Å²) >= 11 is 2.98. The van der Waals surface area contributed by atoms with Crippen molar-refractivity contribution in [3.63, 3.8) is 0 Å². The van der Waals surface area contributed by atoms with Gasteiger partial charge in [0.05, 0.1) is 5.56 Å². The van der Waals surface area contributed by atoms with Crippen LogP contribution in [0.1, 0.15) is 10.4 Å². The maximum atomic E-state index is 11.8. The van der Waals surface area contributed by atoms with Gasteiger partial charge in [0.25, 0.3) is 5.91 Å². The van der Waals surface area contributed by atoms with Gasteiger partial charge >= 0.3 is 0 Å². The average Bonchev–Trinajstić information content (AvgIpc) is 2.89. The van der Waals surface area contributed by atoms with Crippen LogP contribution in [0.3, 0.4) is 0 Å². The molecule has 0 radical (unpaired) electrons. The van der Waals surface area contributed by atoms with E-state index >= 15 is 0 Å². The van der Waals surface area contributed by atoms with Crippen LogP contribution >= 0.6 is 23.5 Å². The molecule has 7 nitrogen and oxygen atoms in total. The molecule has 0 aromatic carbocycles. The number of nitrogens with one attached hydrogen (secondary N) is 1. The second-order valence-corrected chi connectivity index (χ2v) is 5.62. The van der Waals surface area contributed by atoms with Crippen LogP contribution in [-0.2, 0) is 7.05 Å². The van der Waals surface area contributed by atoms with Crippen LogP contribution in [-0.4, -0.2) is 49.2 Å². The molecule has 0 spiro atoms. The van der Waals surface area contributed by atoms with E-state index < -0.39 is 0 Å². The molecule has 0 unspecified atom stereocenters. The lowest BCUT2D eigenvalue weighted by Crippen LogP contribution is -2.26. The fourth-order valence-corrected chi connectivity index (χ4v) is 2.41. The molecule has 0 aliphatic carbocycles. The number of thioether (sulfide) groups is 2. The van der Waals surface area contributed by atoms with Crippen molar-refractivity contribution in [2.45, 2.75) is 10.3 Å². The van der Waals surface area contributed by atoms with E-state index in [-0.39, 0.29) is 5.91 Å². The molecule has 1 N–H and O–H groups in total. The molecule has 0 atom stereocenters. The molecular weight excluding hydrogens is 296 g/mol. The molecule has 106 valence electrons. The lowest BCUT2D eigenvalue weighted by molar-refractivity contribution is 0.0955. The number of nitrogens with zero attached hydrogens (tertiary/aromatic N) is 5. The van der Waals surface area contributed by atoms with Gasteiger partial charge in [-0.05, 0) is 6.26 Å². The molecule has 9 heteroatoms. The molecule has 2 aromatic heterocycles. The molecule has 0 fully saturated rings. The Morgan fingerprint density at radius 1 is 1.40 bits per heavy atom. The van der Waals surface area contributed by atoms with Gasteiger partial charge in [0.2, 0.25) is 0 Å². The summed E-state index contributed by atoms with van der Waals surface area (Å²) in [5.41, 5.74) is 0.464. The van der Waals surface area contributed by atoms with Crippen molar-refractivity contribution in [1.29, 1.82) is 0 Å².